The van der Waals surface area contributed by atoms with E-state index < -0.39 is 0 Å². The van der Waals surface area contributed by atoms with E-state index in [-0.39, 0.29) is 5.90 Å². The van der Waals surface area contributed by atoms with Crippen molar-refractivity contribution < 1.29 is 4.84 Å². The molecule has 0 atom stereocenters. The smallest absolute Gasteiger partial charge is 0.203 e. The lowest BCUT2D eigenvalue weighted by atomic mass is 10.8. The molecule has 3 nitrogen and oxygen atoms in total. The van der Waals surface area contributed by atoms with E-state index in [0.29, 0.717) is 0 Å². The fraction of sp³-hybridized carbons (Fsp3) is 0.667. The average Bonchev–Trinajstić information content (AvgIpc) is 1.35. The first-order chi connectivity index (χ1) is 2.77. The zero-order chi connectivity index (χ0) is 4.99. The molecule has 0 aliphatic carbocycles. The van der Waals surface area contributed by atoms with Crippen molar-refractivity contribution in [3.05, 3.63) is 0 Å². The van der Waals surface area contributed by atoms with Crippen LogP contribution in [0.4, 0.5) is 0 Å². The summed E-state index contributed by atoms with van der Waals surface area (Å²) < 4.78 is 0. The molecule has 2 N–H and O–H groups in total. The van der Waals surface area contributed by atoms with E-state index in [1.807, 2.05) is 0 Å². The summed E-state index contributed by atoms with van der Waals surface area (Å²) >= 11 is 0. The highest BCUT2D eigenvalue weighted by molar-refractivity contribution is 5.68. The van der Waals surface area contributed by atoms with Crippen LogP contribution in [0.3, 0.4) is 0 Å². The van der Waals surface area contributed by atoms with Crippen LogP contribution in [-0.2, 0) is 4.84 Å². The van der Waals surface area contributed by atoms with Gasteiger partial charge in [0.05, 0.1) is 0 Å². The molecule has 0 aromatic rings. The van der Waals surface area contributed by atoms with Crippen LogP contribution in [0.2, 0.25) is 0 Å². The van der Waals surface area contributed by atoms with Gasteiger partial charge in [-0.25, -0.2) is 0 Å². The van der Waals surface area contributed by atoms with Crippen molar-refractivity contribution in [2.45, 2.75) is 6.92 Å². The maximum Gasteiger partial charge on any atom is 0.203 e. The Kier molecular flexibility index (Phi) is 2.40. The minimum atomic E-state index is 0.178. The Labute approximate surface area is 36.8 Å². The molecule has 0 aliphatic heterocycles. The first kappa shape index (κ1) is 5.43. The van der Waals surface area contributed by atoms with E-state index in [0.717, 1.165) is 0 Å². The minimum Gasteiger partial charge on any atom is -0.394 e. The average molecular weight is 88.1 g/mol. The molecule has 6 heavy (non-hydrogen) atoms. The van der Waals surface area contributed by atoms with Gasteiger partial charge in [-0.2, -0.15) is 5.48 Å². The maximum absolute atomic E-state index is 6.61. The maximum atomic E-state index is 6.61. The van der Waals surface area contributed by atoms with Crippen molar-refractivity contribution in [1.29, 1.82) is 5.41 Å². The van der Waals surface area contributed by atoms with Gasteiger partial charge in [0.1, 0.15) is 0 Å². The quantitative estimate of drug-likeness (QED) is 0.272. The predicted molar refractivity (Wildman–Crippen MR) is 23.5 cm³/mol. The molecule has 0 amide bonds. The highest BCUT2D eigenvalue weighted by atomic mass is 16.6. The molecule has 0 saturated carbocycles. The second-order valence-corrected chi connectivity index (χ2v) is 0.862. The van der Waals surface area contributed by atoms with Crippen molar-refractivity contribution in [1.82, 2.24) is 5.48 Å². The molecule has 3 heteroatoms. The summed E-state index contributed by atoms with van der Waals surface area (Å²) in [5, 5.41) is 6.61. The second kappa shape index (κ2) is 2.66. The van der Waals surface area contributed by atoms with Crippen molar-refractivity contribution in [2.75, 3.05) is 7.05 Å². The van der Waals surface area contributed by atoms with Crippen molar-refractivity contribution in [2.24, 2.45) is 0 Å². The van der Waals surface area contributed by atoms with Gasteiger partial charge >= 0.3 is 0 Å². The molecule has 36 valence electrons. The molecular weight excluding hydrogens is 80.0 g/mol. The summed E-state index contributed by atoms with van der Waals surface area (Å²) in [6, 6.07) is 0. The highest BCUT2D eigenvalue weighted by Crippen LogP contribution is 1.62. The summed E-state index contributed by atoms with van der Waals surface area (Å²) in [5.74, 6) is 0.178. The number of hydroxylamine groups is 1. The Morgan fingerprint density at radius 3 is 2.33 bits per heavy atom. The lowest BCUT2D eigenvalue weighted by Crippen LogP contribution is -2.10. The van der Waals surface area contributed by atoms with E-state index in [1.54, 1.807) is 14.0 Å². The normalized spacial score (nSPS) is 7.67. The molecular formula is C3H8N2O. The molecule has 0 aromatic heterocycles. The van der Waals surface area contributed by atoms with Crippen molar-refractivity contribution in [3.8, 4) is 0 Å². The van der Waals surface area contributed by atoms with Gasteiger partial charge in [0.15, 0.2) is 0 Å². The van der Waals surface area contributed by atoms with Crippen LogP contribution in [0.5, 0.6) is 0 Å². The van der Waals surface area contributed by atoms with E-state index in [4.69, 9.17) is 5.41 Å². The van der Waals surface area contributed by atoms with Gasteiger partial charge in [0, 0.05) is 14.0 Å². The number of rotatable bonds is 1. The van der Waals surface area contributed by atoms with Crippen LogP contribution in [0, 0.1) is 5.41 Å². The van der Waals surface area contributed by atoms with E-state index in [2.05, 4.69) is 10.3 Å². The summed E-state index contributed by atoms with van der Waals surface area (Å²) in [5.41, 5.74) is 2.34. The lowest BCUT2D eigenvalue weighted by molar-refractivity contribution is 0.204. The Hall–Kier alpha value is -0.570. The van der Waals surface area contributed by atoms with E-state index in [9.17, 15) is 0 Å². The molecule has 0 fully saturated rings. The van der Waals surface area contributed by atoms with Crippen molar-refractivity contribution in [3.63, 3.8) is 0 Å². The minimum absolute atomic E-state index is 0.178. The van der Waals surface area contributed by atoms with Gasteiger partial charge in [-0.3, -0.25) is 5.41 Å². The third-order valence-electron chi connectivity index (χ3n) is 0.255. The molecule has 0 saturated heterocycles. The second-order valence-electron chi connectivity index (χ2n) is 0.862. The van der Waals surface area contributed by atoms with Crippen LogP contribution in [0.1, 0.15) is 6.92 Å². The Morgan fingerprint density at radius 2 is 2.33 bits per heavy atom. The first-order valence-corrected chi connectivity index (χ1v) is 1.66. The van der Waals surface area contributed by atoms with Gasteiger partial charge in [0.2, 0.25) is 5.90 Å². The molecule has 0 spiro atoms. The van der Waals surface area contributed by atoms with Crippen molar-refractivity contribution >= 4 is 5.90 Å². The van der Waals surface area contributed by atoms with Crippen LogP contribution in [0.25, 0.3) is 0 Å². The van der Waals surface area contributed by atoms with Gasteiger partial charge in [0.25, 0.3) is 0 Å². The molecule has 0 bridgehead atoms. The summed E-state index contributed by atoms with van der Waals surface area (Å²) in [4.78, 5) is 4.38. The monoisotopic (exact) mass is 88.1 g/mol. The van der Waals surface area contributed by atoms with Gasteiger partial charge < -0.3 is 4.84 Å². The standard InChI is InChI=1S/C3H8N2O/c1-3(4)6-5-2/h4-5H,1-2H3. The third-order valence-corrected chi connectivity index (χ3v) is 0.255. The number of nitrogens with one attached hydrogen (secondary N) is 2. The molecule has 0 heterocycles. The topological polar surface area (TPSA) is 45.1 Å². The van der Waals surface area contributed by atoms with Gasteiger partial charge in [-0.05, 0) is 0 Å². The molecule has 0 aliphatic rings. The molecule has 0 unspecified atom stereocenters. The zero-order valence-corrected chi connectivity index (χ0v) is 3.91. The van der Waals surface area contributed by atoms with Crippen LogP contribution < -0.4 is 5.48 Å². The number of hydrogen-bond donors (Lipinski definition) is 2. The third kappa shape index (κ3) is 3.43. The van der Waals surface area contributed by atoms with Gasteiger partial charge in [-0.1, -0.05) is 0 Å². The fourth-order valence-corrected chi connectivity index (χ4v) is 0.153. The highest BCUT2D eigenvalue weighted by Gasteiger charge is 1.75. The largest absolute Gasteiger partial charge is 0.394 e. The number of hydrogen-bond acceptors (Lipinski definition) is 3. The first-order valence-electron chi connectivity index (χ1n) is 1.66. The SMILES string of the molecule is CNOC(C)=N. The van der Waals surface area contributed by atoms with Crippen LogP contribution in [0.15, 0.2) is 0 Å². The van der Waals surface area contributed by atoms with E-state index >= 15 is 0 Å². The summed E-state index contributed by atoms with van der Waals surface area (Å²) in [6.45, 7) is 1.55. The predicted octanol–water partition coefficient (Wildman–Crippen LogP) is 0.135. The molecule has 0 rings (SSSR count). The Bertz CT molecular complexity index is 52.8. The Morgan fingerprint density at radius 1 is 1.83 bits per heavy atom. The Balaban J connectivity index is 2.83. The zero-order valence-electron chi connectivity index (χ0n) is 3.91. The molecule has 0 radical (unpaired) electrons. The lowest BCUT2D eigenvalue weighted by Gasteiger charge is -1.94. The van der Waals surface area contributed by atoms with Gasteiger partial charge in [-0.15, -0.1) is 0 Å². The fourth-order valence-electron chi connectivity index (χ4n) is 0.153. The summed E-state index contributed by atoms with van der Waals surface area (Å²) in [6.07, 6.45) is 0. The molecule has 0 aromatic carbocycles. The van der Waals surface area contributed by atoms with Crippen LogP contribution >= 0.6 is 0 Å². The van der Waals surface area contributed by atoms with E-state index in [1.165, 1.54) is 0 Å². The summed E-state index contributed by atoms with van der Waals surface area (Å²) in [7, 11) is 1.61. The van der Waals surface area contributed by atoms with Crippen LogP contribution in [-0.4, -0.2) is 12.9 Å².